The summed E-state index contributed by atoms with van der Waals surface area (Å²) >= 11 is 0. The number of amides is 1. The molecule has 2 rings (SSSR count). The zero-order chi connectivity index (χ0) is 14.7. The van der Waals surface area contributed by atoms with E-state index in [4.69, 9.17) is 10.5 Å². The van der Waals surface area contributed by atoms with Crippen LogP contribution in [-0.2, 0) is 0 Å². The average Bonchev–Trinajstić information content (AvgIpc) is 2.42. The maximum absolute atomic E-state index is 13.0. The number of nitrogens with one attached hydrogen (secondary N) is 1. The zero-order valence-corrected chi connectivity index (χ0v) is 10.6. The number of benzene rings is 2. The van der Waals surface area contributed by atoms with Gasteiger partial charge in [0.1, 0.15) is 5.75 Å². The quantitative estimate of drug-likeness (QED) is 0.848. The number of ether oxygens (including phenoxy) is 1. The summed E-state index contributed by atoms with van der Waals surface area (Å²) in [6.07, 6.45) is 0. The molecule has 4 nitrogen and oxygen atoms in total. The van der Waals surface area contributed by atoms with Crippen molar-refractivity contribution in [3.05, 3.63) is 53.6 Å². The van der Waals surface area contributed by atoms with Gasteiger partial charge in [0.2, 0.25) is 0 Å². The van der Waals surface area contributed by atoms with Gasteiger partial charge < -0.3 is 15.8 Å². The molecule has 3 N–H and O–H groups in total. The molecule has 1 amide bonds. The van der Waals surface area contributed by atoms with Crippen LogP contribution in [0.2, 0.25) is 0 Å². The van der Waals surface area contributed by atoms with Gasteiger partial charge >= 0.3 is 0 Å². The predicted molar refractivity (Wildman–Crippen MR) is 71.7 cm³/mol. The van der Waals surface area contributed by atoms with Crippen LogP contribution in [0.15, 0.2) is 36.4 Å². The monoisotopic (exact) mass is 278 g/mol. The molecule has 104 valence electrons. The molecular formula is C14H12F2N2O2. The van der Waals surface area contributed by atoms with Crippen molar-refractivity contribution in [2.24, 2.45) is 0 Å². The van der Waals surface area contributed by atoms with Gasteiger partial charge in [0.05, 0.1) is 12.7 Å². The van der Waals surface area contributed by atoms with Gasteiger partial charge in [-0.25, -0.2) is 8.78 Å². The first kappa shape index (κ1) is 13.8. The molecule has 0 spiro atoms. The number of hydrogen-bond acceptors (Lipinski definition) is 3. The number of rotatable bonds is 3. The summed E-state index contributed by atoms with van der Waals surface area (Å²) in [5.41, 5.74) is 6.32. The highest BCUT2D eigenvalue weighted by atomic mass is 19.2. The number of carbonyl (C=O) groups excluding carboxylic acids is 1. The lowest BCUT2D eigenvalue weighted by molar-refractivity contribution is 0.102. The molecule has 0 bridgehead atoms. The number of methoxy groups -OCH3 is 1. The van der Waals surface area contributed by atoms with E-state index < -0.39 is 17.5 Å². The lowest BCUT2D eigenvalue weighted by Gasteiger charge is -2.09. The van der Waals surface area contributed by atoms with Gasteiger partial charge in [-0.2, -0.15) is 0 Å². The lowest BCUT2D eigenvalue weighted by Crippen LogP contribution is -2.14. The number of nitrogens with two attached hydrogens (primary N) is 1. The molecule has 2 aromatic carbocycles. The molecule has 0 unspecified atom stereocenters. The molecule has 0 saturated carbocycles. The predicted octanol–water partition coefficient (Wildman–Crippen LogP) is 2.81. The Balaban J connectivity index is 2.21. The fourth-order valence-corrected chi connectivity index (χ4v) is 1.65. The van der Waals surface area contributed by atoms with Crippen molar-refractivity contribution < 1.29 is 18.3 Å². The van der Waals surface area contributed by atoms with Crippen molar-refractivity contribution >= 4 is 17.3 Å². The van der Waals surface area contributed by atoms with Gasteiger partial charge in [0, 0.05) is 23.5 Å². The fourth-order valence-electron chi connectivity index (χ4n) is 1.65. The molecule has 0 heterocycles. The summed E-state index contributed by atoms with van der Waals surface area (Å²) in [4.78, 5) is 12.0. The third kappa shape index (κ3) is 2.85. The summed E-state index contributed by atoms with van der Waals surface area (Å²) < 4.78 is 30.8. The van der Waals surface area contributed by atoms with Gasteiger partial charge in [-0.15, -0.1) is 0 Å². The highest BCUT2D eigenvalue weighted by Gasteiger charge is 2.12. The Morgan fingerprint density at radius 1 is 1.15 bits per heavy atom. The second-order valence-corrected chi connectivity index (χ2v) is 4.04. The van der Waals surface area contributed by atoms with Crippen molar-refractivity contribution in [3.63, 3.8) is 0 Å². The standard InChI is InChI=1S/C14H12F2N2O2/c1-20-9-3-4-10(13(17)7-9)14(19)18-8-2-5-11(15)12(16)6-8/h2-7H,17H2,1H3,(H,18,19). The van der Waals surface area contributed by atoms with Crippen molar-refractivity contribution in [2.75, 3.05) is 18.2 Å². The molecule has 6 heteroatoms. The Bertz CT molecular complexity index is 660. The second-order valence-electron chi connectivity index (χ2n) is 4.04. The van der Waals surface area contributed by atoms with E-state index in [0.717, 1.165) is 12.1 Å². The van der Waals surface area contributed by atoms with Crippen LogP contribution < -0.4 is 15.8 Å². The largest absolute Gasteiger partial charge is 0.497 e. The minimum atomic E-state index is -1.04. The molecule has 0 aliphatic heterocycles. The van der Waals surface area contributed by atoms with Crippen molar-refractivity contribution in [2.45, 2.75) is 0 Å². The Kier molecular flexibility index (Phi) is 3.84. The number of halogens is 2. The van der Waals surface area contributed by atoms with E-state index >= 15 is 0 Å². The average molecular weight is 278 g/mol. The highest BCUT2D eigenvalue weighted by Crippen LogP contribution is 2.21. The summed E-state index contributed by atoms with van der Waals surface area (Å²) in [6, 6.07) is 7.66. The van der Waals surface area contributed by atoms with Crippen molar-refractivity contribution in [3.8, 4) is 5.75 Å². The Morgan fingerprint density at radius 2 is 1.90 bits per heavy atom. The molecule has 0 aliphatic rings. The zero-order valence-electron chi connectivity index (χ0n) is 10.6. The van der Waals surface area contributed by atoms with E-state index in [0.29, 0.717) is 5.75 Å². The van der Waals surface area contributed by atoms with Crippen LogP contribution in [0.4, 0.5) is 20.2 Å². The van der Waals surface area contributed by atoms with Gasteiger partial charge in [-0.1, -0.05) is 0 Å². The van der Waals surface area contributed by atoms with Crippen molar-refractivity contribution in [1.82, 2.24) is 0 Å². The van der Waals surface area contributed by atoms with E-state index in [-0.39, 0.29) is 16.9 Å². The molecule has 0 aliphatic carbocycles. The summed E-state index contributed by atoms with van der Waals surface area (Å²) in [5.74, 6) is -2.01. The molecule has 0 fully saturated rings. The van der Waals surface area contributed by atoms with Crippen molar-refractivity contribution in [1.29, 1.82) is 0 Å². The van der Waals surface area contributed by atoms with Crippen LogP contribution >= 0.6 is 0 Å². The first-order chi connectivity index (χ1) is 9.51. The van der Waals surface area contributed by atoms with Crippen LogP contribution in [-0.4, -0.2) is 13.0 Å². The van der Waals surface area contributed by atoms with Gasteiger partial charge in [0.25, 0.3) is 5.91 Å². The van der Waals surface area contributed by atoms with Crippen LogP contribution in [0, 0.1) is 11.6 Å². The second kappa shape index (κ2) is 5.56. The SMILES string of the molecule is COc1ccc(C(=O)Nc2ccc(F)c(F)c2)c(N)c1. The topological polar surface area (TPSA) is 64.3 Å². The molecule has 20 heavy (non-hydrogen) atoms. The minimum absolute atomic E-state index is 0.143. The number of nitrogen functional groups attached to an aromatic ring is 1. The van der Waals surface area contributed by atoms with Gasteiger partial charge in [-0.3, -0.25) is 4.79 Å². The number of hydrogen-bond donors (Lipinski definition) is 2. The van der Waals surface area contributed by atoms with Crippen LogP contribution in [0.25, 0.3) is 0 Å². The highest BCUT2D eigenvalue weighted by molar-refractivity contribution is 6.07. The third-order valence-corrected chi connectivity index (χ3v) is 2.68. The Morgan fingerprint density at radius 3 is 2.50 bits per heavy atom. The number of anilines is 2. The molecule has 0 atom stereocenters. The Labute approximate surface area is 114 Å². The normalized spacial score (nSPS) is 10.2. The maximum Gasteiger partial charge on any atom is 0.257 e. The molecule has 0 saturated heterocycles. The summed E-state index contributed by atoms with van der Waals surface area (Å²) in [6.45, 7) is 0. The van der Waals surface area contributed by atoms with E-state index in [1.165, 1.54) is 25.3 Å². The first-order valence-corrected chi connectivity index (χ1v) is 5.71. The smallest absolute Gasteiger partial charge is 0.257 e. The summed E-state index contributed by atoms with van der Waals surface area (Å²) in [7, 11) is 1.48. The fraction of sp³-hybridized carbons (Fsp3) is 0.0714. The summed E-state index contributed by atoms with van der Waals surface area (Å²) in [5, 5.41) is 2.44. The van der Waals surface area contributed by atoms with Crippen LogP contribution in [0.3, 0.4) is 0 Å². The third-order valence-electron chi connectivity index (χ3n) is 2.68. The molecule has 2 aromatic rings. The van der Waals surface area contributed by atoms with Gasteiger partial charge in [-0.05, 0) is 24.3 Å². The van der Waals surface area contributed by atoms with E-state index in [2.05, 4.69) is 5.32 Å². The minimum Gasteiger partial charge on any atom is -0.497 e. The molecular weight excluding hydrogens is 266 g/mol. The first-order valence-electron chi connectivity index (χ1n) is 5.71. The van der Waals surface area contributed by atoms with Gasteiger partial charge in [0.15, 0.2) is 11.6 Å². The lowest BCUT2D eigenvalue weighted by atomic mass is 10.1. The van der Waals surface area contributed by atoms with E-state index in [9.17, 15) is 13.6 Å². The maximum atomic E-state index is 13.0. The molecule has 0 aromatic heterocycles. The van der Waals surface area contributed by atoms with E-state index in [1.54, 1.807) is 6.07 Å². The van der Waals surface area contributed by atoms with Crippen LogP contribution in [0.1, 0.15) is 10.4 Å². The van der Waals surface area contributed by atoms with Crippen LogP contribution in [0.5, 0.6) is 5.75 Å². The number of carbonyl (C=O) groups is 1. The molecule has 0 radical (unpaired) electrons. The van der Waals surface area contributed by atoms with E-state index in [1.807, 2.05) is 0 Å². The Hall–Kier alpha value is -2.63.